The van der Waals surface area contributed by atoms with Crippen LogP contribution in [0.5, 0.6) is 0 Å². The summed E-state index contributed by atoms with van der Waals surface area (Å²) in [7, 11) is 0. The first-order valence-corrected chi connectivity index (χ1v) is 8.92. The first-order chi connectivity index (χ1) is 10.4. The molecule has 1 aliphatic heterocycles. The van der Waals surface area contributed by atoms with Gasteiger partial charge in [-0.25, -0.2) is 0 Å². The molecule has 0 bridgehead atoms. The molecule has 1 heterocycles. The number of benzene rings is 1. The zero-order valence-electron chi connectivity index (χ0n) is 13.1. The summed E-state index contributed by atoms with van der Waals surface area (Å²) >= 11 is 0. The predicted molar refractivity (Wildman–Crippen MR) is 87.4 cm³/mol. The monoisotopic (exact) mass is 284 g/mol. The number of nitrogens with one attached hydrogen (secondary N) is 1. The molecular formula is C19H28N2. The minimum Gasteiger partial charge on any atom is -0.313 e. The highest BCUT2D eigenvalue weighted by molar-refractivity contribution is 5.33. The first-order valence-electron chi connectivity index (χ1n) is 8.92. The fourth-order valence-electron chi connectivity index (χ4n) is 3.81. The van der Waals surface area contributed by atoms with E-state index in [0.717, 1.165) is 17.9 Å². The van der Waals surface area contributed by atoms with Crippen LogP contribution >= 0.6 is 0 Å². The van der Waals surface area contributed by atoms with Crippen LogP contribution in [0.15, 0.2) is 24.3 Å². The van der Waals surface area contributed by atoms with E-state index in [1.165, 1.54) is 64.7 Å². The Hall–Kier alpha value is -0.860. The summed E-state index contributed by atoms with van der Waals surface area (Å²) in [5.74, 6) is 1.85. The number of hydrogen-bond donors (Lipinski definition) is 1. The molecule has 0 amide bonds. The third-order valence-corrected chi connectivity index (χ3v) is 5.32. The minimum absolute atomic E-state index is 0.733. The lowest BCUT2D eigenvalue weighted by atomic mass is 10.0. The van der Waals surface area contributed by atoms with Crippen molar-refractivity contribution in [1.82, 2.24) is 10.2 Å². The molecule has 0 spiro atoms. The molecule has 1 aromatic rings. The lowest BCUT2D eigenvalue weighted by Crippen LogP contribution is -2.38. The molecule has 21 heavy (non-hydrogen) atoms. The Kier molecular flexibility index (Phi) is 4.00. The van der Waals surface area contributed by atoms with E-state index < -0.39 is 0 Å². The maximum absolute atomic E-state index is 3.67. The van der Waals surface area contributed by atoms with Crippen molar-refractivity contribution < 1.29 is 0 Å². The van der Waals surface area contributed by atoms with E-state index in [1.54, 1.807) is 11.1 Å². The Bertz CT molecular complexity index is 470. The first kappa shape index (κ1) is 13.8. The topological polar surface area (TPSA) is 15.3 Å². The second-order valence-electron chi connectivity index (χ2n) is 7.40. The third-order valence-electron chi connectivity index (χ3n) is 5.32. The van der Waals surface area contributed by atoms with Gasteiger partial charge in [-0.3, -0.25) is 4.90 Å². The van der Waals surface area contributed by atoms with E-state index in [4.69, 9.17) is 0 Å². The predicted octanol–water partition coefficient (Wildman–Crippen LogP) is 3.53. The highest BCUT2D eigenvalue weighted by Crippen LogP contribution is 2.42. The fraction of sp³-hybridized carbons (Fsp3) is 0.684. The van der Waals surface area contributed by atoms with Crippen molar-refractivity contribution in [3.05, 3.63) is 35.4 Å². The molecule has 114 valence electrons. The van der Waals surface area contributed by atoms with Crippen LogP contribution in [0.1, 0.15) is 55.6 Å². The van der Waals surface area contributed by atoms with E-state index in [2.05, 4.69) is 34.5 Å². The van der Waals surface area contributed by atoms with Gasteiger partial charge < -0.3 is 5.32 Å². The molecule has 1 N–H and O–H groups in total. The van der Waals surface area contributed by atoms with Crippen LogP contribution in [0.3, 0.4) is 0 Å². The van der Waals surface area contributed by atoms with Crippen LogP contribution in [-0.2, 0) is 6.54 Å². The van der Waals surface area contributed by atoms with Crippen LogP contribution < -0.4 is 5.32 Å². The van der Waals surface area contributed by atoms with E-state index in [0.29, 0.717) is 0 Å². The van der Waals surface area contributed by atoms with Gasteiger partial charge in [0.1, 0.15) is 0 Å². The van der Waals surface area contributed by atoms with Crippen molar-refractivity contribution in [1.29, 1.82) is 0 Å². The van der Waals surface area contributed by atoms with E-state index in [9.17, 15) is 0 Å². The molecule has 3 fully saturated rings. The number of hydrogen-bond acceptors (Lipinski definition) is 2. The quantitative estimate of drug-likeness (QED) is 0.824. The van der Waals surface area contributed by atoms with Gasteiger partial charge >= 0.3 is 0 Å². The van der Waals surface area contributed by atoms with Crippen LogP contribution in [0.25, 0.3) is 0 Å². The highest BCUT2D eigenvalue weighted by Gasteiger charge is 2.29. The Morgan fingerprint density at radius 1 is 1.00 bits per heavy atom. The van der Waals surface area contributed by atoms with Crippen LogP contribution in [-0.4, -0.2) is 30.6 Å². The Morgan fingerprint density at radius 3 is 2.57 bits per heavy atom. The van der Waals surface area contributed by atoms with Gasteiger partial charge in [-0.05, 0) is 68.0 Å². The van der Waals surface area contributed by atoms with Crippen molar-refractivity contribution in [2.45, 2.75) is 57.0 Å². The summed E-state index contributed by atoms with van der Waals surface area (Å²) in [6.07, 6.45) is 8.46. The molecule has 1 aromatic carbocycles. The van der Waals surface area contributed by atoms with Crippen LogP contribution in [0.4, 0.5) is 0 Å². The summed E-state index contributed by atoms with van der Waals surface area (Å²) in [4.78, 5) is 2.74. The largest absolute Gasteiger partial charge is 0.313 e. The van der Waals surface area contributed by atoms with Crippen molar-refractivity contribution in [2.24, 2.45) is 5.92 Å². The van der Waals surface area contributed by atoms with Gasteiger partial charge in [0.2, 0.25) is 0 Å². The average Bonchev–Trinajstić information content (AvgIpc) is 3.41. The molecule has 1 atom stereocenters. The van der Waals surface area contributed by atoms with E-state index in [-0.39, 0.29) is 0 Å². The van der Waals surface area contributed by atoms with Gasteiger partial charge in [0.05, 0.1) is 0 Å². The van der Waals surface area contributed by atoms with Crippen molar-refractivity contribution in [3.63, 3.8) is 0 Å². The molecule has 2 aliphatic carbocycles. The third kappa shape index (κ3) is 3.67. The maximum atomic E-state index is 3.67. The van der Waals surface area contributed by atoms with Gasteiger partial charge in [0.15, 0.2) is 0 Å². The zero-order valence-corrected chi connectivity index (χ0v) is 13.1. The molecule has 2 saturated carbocycles. The highest BCUT2D eigenvalue weighted by atomic mass is 15.2. The van der Waals surface area contributed by atoms with Crippen LogP contribution in [0.2, 0.25) is 0 Å². The van der Waals surface area contributed by atoms with E-state index in [1.807, 2.05) is 0 Å². The summed E-state index contributed by atoms with van der Waals surface area (Å²) in [5.41, 5.74) is 3.23. The van der Waals surface area contributed by atoms with Crippen molar-refractivity contribution in [3.8, 4) is 0 Å². The second kappa shape index (κ2) is 6.10. The van der Waals surface area contributed by atoms with Gasteiger partial charge in [-0.2, -0.15) is 0 Å². The molecule has 0 radical (unpaired) electrons. The molecular weight excluding hydrogens is 256 g/mol. The molecule has 4 rings (SSSR count). The lowest BCUT2D eigenvalue weighted by Gasteiger charge is -2.26. The van der Waals surface area contributed by atoms with Gasteiger partial charge in [0, 0.05) is 25.7 Å². The van der Waals surface area contributed by atoms with Crippen molar-refractivity contribution in [2.75, 3.05) is 19.6 Å². The molecule has 1 unspecified atom stereocenters. The molecule has 2 heteroatoms. The molecule has 1 saturated heterocycles. The Labute approximate surface area is 128 Å². The summed E-state index contributed by atoms with van der Waals surface area (Å²) in [6, 6.07) is 9.92. The molecule has 0 aromatic heterocycles. The smallest absolute Gasteiger partial charge is 0.0237 e. The Balaban J connectivity index is 1.44. The number of rotatable bonds is 7. The Morgan fingerprint density at radius 2 is 1.86 bits per heavy atom. The van der Waals surface area contributed by atoms with Crippen LogP contribution in [0, 0.1) is 5.92 Å². The minimum atomic E-state index is 0.733. The van der Waals surface area contributed by atoms with Gasteiger partial charge in [-0.1, -0.05) is 24.3 Å². The maximum Gasteiger partial charge on any atom is 0.0237 e. The SMILES string of the molecule is c1ccc(C2CC2)c(CN(CC2CC2)CC2CCCN2)c1. The zero-order chi connectivity index (χ0) is 14.1. The van der Waals surface area contributed by atoms with E-state index >= 15 is 0 Å². The molecule has 3 aliphatic rings. The summed E-state index contributed by atoms with van der Waals surface area (Å²) < 4.78 is 0. The molecule has 2 nitrogen and oxygen atoms in total. The van der Waals surface area contributed by atoms with Gasteiger partial charge in [0.25, 0.3) is 0 Å². The second-order valence-corrected chi connectivity index (χ2v) is 7.40. The number of nitrogens with zero attached hydrogens (tertiary/aromatic N) is 1. The van der Waals surface area contributed by atoms with Gasteiger partial charge in [-0.15, -0.1) is 0 Å². The fourth-order valence-corrected chi connectivity index (χ4v) is 3.81. The average molecular weight is 284 g/mol. The normalized spacial score (nSPS) is 25.7. The summed E-state index contributed by atoms with van der Waals surface area (Å²) in [6.45, 7) is 4.95. The van der Waals surface area contributed by atoms with Crippen molar-refractivity contribution >= 4 is 0 Å². The standard InChI is InChI=1S/C19H28N2/c1-2-6-19(16-9-10-16)17(4-1)13-21(12-15-7-8-15)14-18-5-3-11-20-18/h1-2,4,6,15-16,18,20H,3,5,7-14H2. The lowest BCUT2D eigenvalue weighted by molar-refractivity contribution is 0.231. The summed E-state index contributed by atoms with van der Waals surface area (Å²) in [5, 5.41) is 3.67.